The van der Waals surface area contributed by atoms with Crippen molar-refractivity contribution in [3.8, 4) is 6.07 Å². The van der Waals surface area contributed by atoms with Gasteiger partial charge in [-0.2, -0.15) is 5.26 Å². The highest BCUT2D eigenvalue weighted by atomic mass is 15.1. The van der Waals surface area contributed by atoms with Gasteiger partial charge < -0.3 is 4.57 Å². The molecule has 0 fully saturated rings. The van der Waals surface area contributed by atoms with E-state index in [0.717, 1.165) is 12.2 Å². The van der Waals surface area contributed by atoms with E-state index in [2.05, 4.69) is 56.1 Å². The maximum Gasteiger partial charge on any atom is 0.113 e. The van der Waals surface area contributed by atoms with Crippen LogP contribution in [-0.4, -0.2) is 9.55 Å². The first-order valence-electron chi connectivity index (χ1n) is 6.47. The lowest BCUT2D eigenvalue weighted by atomic mass is 9.86. The molecule has 0 N–H and O–H groups in total. The Bertz CT molecular complexity index is 580. The third-order valence-corrected chi connectivity index (χ3v) is 3.22. The zero-order valence-corrected chi connectivity index (χ0v) is 11.7. The molecule has 0 bridgehead atoms. The minimum absolute atomic E-state index is 0.178. The lowest BCUT2D eigenvalue weighted by molar-refractivity contribution is 0.590. The summed E-state index contributed by atoms with van der Waals surface area (Å²) in [6.07, 6.45) is 4.36. The van der Waals surface area contributed by atoms with Gasteiger partial charge in [-0.15, -0.1) is 0 Å². The van der Waals surface area contributed by atoms with Crippen LogP contribution in [0.5, 0.6) is 0 Å². The first-order chi connectivity index (χ1) is 9.00. The van der Waals surface area contributed by atoms with Crippen molar-refractivity contribution in [2.24, 2.45) is 0 Å². The molecule has 0 saturated heterocycles. The van der Waals surface area contributed by atoms with E-state index in [4.69, 9.17) is 5.26 Å². The molecule has 3 heteroatoms. The van der Waals surface area contributed by atoms with E-state index >= 15 is 0 Å². The van der Waals surface area contributed by atoms with Gasteiger partial charge in [0.2, 0.25) is 0 Å². The molecule has 0 atom stereocenters. The van der Waals surface area contributed by atoms with Crippen LogP contribution >= 0.6 is 0 Å². The fourth-order valence-electron chi connectivity index (χ4n) is 2.03. The number of nitriles is 1. The summed E-state index contributed by atoms with van der Waals surface area (Å²) >= 11 is 0. The first-order valence-corrected chi connectivity index (χ1v) is 6.47. The van der Waals surface area contributed by atoms with Gasteiger partial charge in [-0.25, -0.2) is 4.98 Å². The van der Waals surface area contributed by atoms with E-state index in [-0.39, 0.29) is 5.41 Å². The molecule has 0 radical (unpaired) electrons. The average molecular weight is 253 g/mol. The van der Waals surface area contributed by atoms with Crippen LogP contribution in [0.15, 0.2) is 36.7 Å². The molecule has 98 valence electrons. The Hall–Kier alpha value is -2.08. The normalized spacial score (nSPS) is 11.3. The Labute approximate surface area is 114 Å². The van der Waals surface area contributed by atoms with E-state index in [1.165, 1.54) is 11.1 Å². The molecule has 2 rings (SSSR count). The predicted molar refractivity (Wildman–Crippen MR) is 75.8 cm³/mol. The van der Waals surface area contributed by atoms with Gasteiger partial charge in [-0.05, 0) is 16.5 Å². The van der Waals surface area contributed by atoms with Crippen molar-refractivity contribution in [1.82, 2.24) is 9.55 Å². The third kappa shape index (κ3) is 3.23. The van der Waals surface area contributed by atoms with Crippen molar-refractivity contribution >= 4 is 0 Å². The maximum absolute atomic E-state index is 8.76. The van der Waals surface area contributed by atoms with Crippen LogP contribution in [0.1, 0.15) is 37.7 Å². The van der Waals surface area contributed by atoms with Crippen LogP contribution in [0.3, 0.4) is 0 Å². The standard InChI is InChI=1S/C16H19N3/c1-16(2,3)14-6-4-13(5-7-14)12-15-18-9-11-19(15)10-8-17/h4-7,9,11H,10,12H2,1-3H3. The second-order valence-corrected chi connectivity index (χ2v) is 5.75. The fourth-order valence-corrected chi connectivity index (χ4v) is 2.03. The molecule has 0 aliphatic heterocycles. The molecule has 1 aromatic carbocycles. The quantitative estimate of drug-likeness (QED) is 0.842. The first kappa shape index (κ1) is 13.4. The van der Waals surface area contributed by atoms with Gasteiger partial charge in [0.1, 0.15) is 12.4 Å². The van der Waals surface area contributed by atoms with Crippen molar-refractivity contribution in [2.45, 2.75) is 39.2 Å². The Kier molecular flexibility index (Phi) is 3.71. The molecule has 3 nitrogen and oxygen atoms in total. The number of nitrogens with zero attached hydrogens (tertiary/aromatic N) is 3. The van der Waals surface area contributed by atoms with Crippen LogP contribution in [0.4, 0.5) is 0 Å². The summed E-state index contributed by atoms with van der Waals surface area (Å²) in [5.41, 5.74) is 2.73. The van der Waals surface area contributed by atoms with Crippen LogP contribution in [-0.2, 0) is 18.4 Å². The lowest BCUT2D eigenvalue weighted by Crippen LogP contribution is -2.11. The van der Waals surface area contributed by atoms with Gasteiger partial charge in [0.15, 0.2) is 0 Å². The number of hydrogen-bond donors (Lipinski definition) is 0. The highest BCUT2D eigenvalue weighted by Crippen LogP contribution is 2.22. The summed E-state index contributed by atoms with van der Waals surface area (Å²) in [5, 5.41) is 8.76. The van der Waals surface area contributed by atoms with E-state index in [1.54, 1.807) is 6.20 Å². The van der Waals surface area contributed by atoms with Crippen LogP contribution in [0, 0.1) is 11.3 Å². The summed E-state index contributed by atoms with van der Waals surface area (Å²) in [7, 11) is 0. The summed E-state index contributed by atoms with van der Waals surface area (Å²) in [4.78, 5) is 4.31. The summed E-state index contributed by atoms with van der Waals surface area (Å²) in [5.74, 6) is 0.935. The van der Waals surface area contributed by atoms with Crippen molar-refractivity contribution in [3.63, 3.8) is 0 Å². The topological polar surface area (TPSA) is 41.6 Å². The van der Waals surface area contributed by atoms with Crippen LogP contribution < -0.4 is 0 Å². The number of hydrogen-bond acceptors (Lipinski definition) is 2. The van der Waals surface area contributed by atoms with Gasteiger partial charge in [0, 0.05) is 18.8 Å². The minimum atomic E-state index is 0.178. The number of benzene rings is 1. The SMILES string of the molecule is CC(C)(C)c1ccc(Cc2nccn2CC#N)cc1. The van der Waals surface area contributed by atoms with E-state index in [9.17, 15) is 0 Å². The summed E-state index contributed by atoms with van der Waals surface area (Å²) in [6, 6.07) is 10.8. The Balaban J connectivity index is 2.16. The van der Waals surface area contributed by atoms with E-state index in [1.807, 2.05) is 10.8 Å². The molecule has 1 heterocycles. The second-order valence-electron chi connectivity index (χ2n) is 5.75. The molecule has 2 aromatic rings. The smallest absolute Gasteiger partial charge is 0.113 e. The monoisotopic (exact) mass is 253 g/mol. The van der Waals surface area contributed by atoms with Gasteiger partial charge >= 0.3 is 0 Å². The molecule has 0 aliphatic carbocycles. The lowest BCUT2D eigenvalue weighted by Gasteiger charge is -2.19. The fraction of sp³-hybridized carbons (Fsp3) is 0.375. The minimum Gasteiger partial charge on any atom is -0.321 e. The largest absolute Gasteiger partial charge is 0.321 e. The van der Waals surface area contributed by atoms with Gasteiger partial charge in [-0.1, -0.05) is 45.0 Å². The van der Waals surface area contributed by atoms with Gasteiger partial charge in [-0.3, -0.25) is 0 Å². The number of imidazole rings is 1. The Morgan fingerprint density at radius 1 is 1.21 bits per heavy atom. The number of aromatic nitrogens is 2. The van der Waals surface area contributed by atoms with Crippen LogP contribution in [0.2, 0.25) is 0 Å². The van der Waals surface area contributed by atoms with Crippen molar-refractivity contribution in [2.75, 3.05) is 0 Å². The zero-order chi connectivity index (χ0) is 13.9. The molecule has 0 spiro atoms. The van der Waals surface area contributed by atoms with Crippen LogP contribution in [0.25, 0.3) is 0 Å². The van der Waals surface area contributed by atoms with E-state index < -0.39 is 0 Å². The molecular weight excluding hydrogens is 234 g/mol. The van der Waals surface area contributed by atoms with E-state index in [0.29, 0.717) is 6.54 Å². The highest BCUT2D eigenvalue weighted by molar-refractivity contribution is 5.29. The summed E-state index contributed by atoms with van der Waals surface area (Å²) < 4.78 is 1.89. The Morgan fingerprint density at radius 3 is 2.47 bits per heavy atom. The summed E-state index contributed by atoms with van der Waals surface area (Å²) in [6.45, 7) is 6.99. The Morgan fingerprint density at radius 2 is 1.89 bits per heavy atom. The zero-order valence-electron chi connectivity index (χ0n) is 11.7. The average Bonchev–Trinajstić information content (AvgIpc) is 2.77. The maximum atomic E-state index is 8.76. The molecule has 0 aliphatic rings. The molecule has 1 aromatic heterocycles. The number of rotatable bonds is 3. The molecule has 0 saturated carbocycles. The predicted octanol–water partition coefficient (Wildman–Crippen LogP) is 3.29. The molecular formula is C16H19N3. The highest BCUT2D eigenvalue weighted by Gasteiger charge is 2.13. The van der Waals surface area contributed by atoms with Crippen molar-refractivity contribution in [3.05, 3.63) is 53.6 Å². The molecule has 0 amide bonds. The molecule has 0 unspecified atom stereocenters. The van der Waals surface area contributed by atoms with Gasteiger partial charge in [0.25, 0.3) is 0 Å². The molecule has 19 heavy (non-hydrogen) atoms. The van der Waals surface area contributed by atoms with Gasteiger partial charge in [0.05, 0.1) is 6.07 Å². The van der Waals surface area contributed by atoms with Crippen molar-refractivity contribution in [1.29, 1.82) is 5.26 Å². The third-order valence-electron chi connectivity index (χ3n) is 3.22. The second kappa shape index (κ2) is 5.27. The van der Waals surface area contributed by atoms with Crippen molar-refractivity contribution < 1.29 is 0 Å².